The summed E-state index contributed by atoms with van der Waals surface area (Å²) in [5, 5.41) is 15.0. The van der Waals surface area contributed by atoms with Crippen molar-refractivity contribution in [3.05, 3.63) is 70.0 Å². The molecule has 0 aliphatic carbocycles. The van der Waals surface area contributed by atoms with Gasteiger partial charge in [0, 0.05) is 17.8 Å². The minimum Gasteiger partial charge on any atom is -0.345 e. The Hall–Kier alpha value is -3.13. The number of amides is 2. The Morgan fingerprint density at radius 1 is 1.00 bits per heavy atom. The van der Waals surface area contributed by atoms with Crippen LogP contribution in [0.25, 0.3) is 0 Å². The van der Waals surface area contributed by atoms with Gasteiger partial charge in [-0.15, -0.1) is 10.2 Å². The third-order valence-corrected chi connectivity index (χ3v) is 6.15. The van der Waals surface area contributed by atoms with E-state index in [9.17, 15) is 9.59 Å². The molecule has 0 aliphatic heterocycles. The van der Waals surface area contributed by atoms with E-state index in [1.807, 2.05) is 57.4 Å². The molecule has 7 nitrogen and oxygen atoms in total. The summed E-state index contributed by atoms with van der Waals surface area (Å²) in [5.41, 5.74) is 5.68. The molecule has 0 spiro atoms. The summed E-state index contributed by atoms with van der Waals surface area (Å²) in [4.78, 5) is 25.0. The molecule has 2 amide bonds. The van der Waals surface area contributed by atoms with Crippen molar-refractivity contribution in [2.75, 3.05) is 11.1 Å². The summed E-state index contributed by atoms with van der Waals surface area (Å²) in [5.74, 6) is 0.638. The minimum atomic E-state index is -0.147. The molecule has 0 atom stereocenters. The first-order chi connectivity index (χ1) is 15.3. The molecule has 0 aliphatic rings. The maximum absolute atomic E-state index is 12.5. The van der Waals surface area contributed by atoms with Crippen LogP contribution in [-0.4, -0.2) is 32.3 Å². The standard InChI is InChI=1S/C24H29N5O2S/c1-6-29-20(13-25-23(31)19-10-8-7-9-16(19)3)27-28-24(29)32-14-21(30)26-22-17(4)11-15(2)12-18(22)5/h7-12H,6,13-14H2,1-5H3,(H,25,31)(H,26,30). The Kier molecular flexibility index (Phi) is 7.69. The Morgan fingerprint density at radius 2 is 1.69 bits per heavy atom. The van der Waals surface area contributed by atoms with Gasteiger partial charge in [-0.25, -0.2) is 0 Å². The first-order valence-corrected chi connectivity index (χ1v) is 11.5. The lowest BCUT2D eigenvalue weighted by Gasteiger charge is -2.13. The quantitative estimate of drug-likeness (QED) is 0.501. The van der Waals surface area contributed by atoms with Gasteiger partial charge in [0.25, 0.3) is 5.91 Å². The van der Waals surface area contributed by atoms with Crippen LogP contribution in [0.2, 0.25) is 0 Å². The van der Waals surface area contributed by atoms with E-state index in [1.54, 1.807) is 6.07 Å². The largest absolute Gasteiger partial charge is 0.345 e. The first-order valence-electron chi connectivity index (χ1n) is 10.6. The van der Waals surface area contributed by atoms with Gasteiger partial charge in [-0.2, -0.15) is 0 Å². The minimum absolute atomic E-state index is 0.0925. The number of rotatable bonds is 8. The second-order valence-electron chi connectivity index (χ2n) is 7.75. The predicted octanol–water partition coefficient (Wildman–Crippen LogP) is 4.19. The van der Waals surface area contributed by atoms with Gasteiger partial charge in [0.1, 0.15) is 0 Å². The average molecular weight is 452 g/mol. The molecule has 1 heterocycles. The van der Waals surface area contributed by atoms with Crippen molar-refractivity contribution in [2.45, 2.75) is 52.9 Å². The zero-order valence-electron chi connectivity index (χ0n) is 19.2. The zero-order valence-corrected chi connectivity index (χ0v) is 20.0. The van der Waals surface area contributed by atoms with Crippen molar-refractivity contribution >= 4 is 29.3 Å². The number of benzene rings is 2. The normalized spacial score (nSPS) is 10.8. The van der Waals surface area contributed by atoms with Crippen LogP contribution in [0.3, 0.4) is 0 Å². The highest BCUT2D eigenvalue weighted by Crippen LogP contribution is 2.23. The highest BCUT2D eigenvalue weighted by Gasteiger charge is 2.16. The third kappa shape index (κ3) is 5.56. The number of thioether (sulfide) groups is 1. The number of anilines is 1. The Labute approximate surface area is 193 Å². The van der Waals surface area contributed by atoms with E-state index in [4.69, 9.17) is 0 Å². The fraction of sp³-hybridized carbons (Fsp3) is 0.333. The van der Waals surface area contributed by atoms with Crippen LogP contribution < -0.4 is 10.6 Å². The van der Waals surface area contributed by atoms with E-state index in [-0.39, 0.29) is 24.1 Å². The SMILES string of the molecule is CCn1c(CNC(=O)c2ccccc2C)nnc1SCC(=O)Nc1c(C)cc(C)cc1C. The van der Waals surface area contributed by atoms with Gasteiger partial charge in [-0.1, -0.05) is 47.7 Å². The third-order valence-electron chi connectivity index (χ3n) is 5.18. The predicted molar refractivity (Wildman–Crippen MR) is 128 cm³/mol. The van der Waals surface area contributed by atoms with Crippen LogP contribution in [0, 0.1) is 27.7 Å². The Balaban J connectivity index is 1.61. The van der Waals surface area contributed by atoms with E-state index >= 15 is 0 Å². The van der Waals surface area contributed by atoms with Gasteiger partial charge in [0.05, 0.1) is 12.3 Å². The van der Waals surface area contributed by atoms with Crippen molar-refractivity contribution < 1.29 is 9.59 Å². The number of nitrogens with one attached hydrogen (secondary N) is 2. The topological polar surface area (TPSA) is 88.9 Å². The number of carbonyl (C=O) groups excluding carboxylic acids is 2. The zero-order chi connectivity index (χ0) is 23.3. The van der Waals surface area contributed by atoms with Crippen LogP contribution in [0.1, 0.15) is 45.4 Å². The molecule has 0 saturated heterocycles. The number of hydrogen-bond donors (Lipinski definition) is 2. The number of carbonyl (C=O) groups is 2. The van der Waals surface area contributed by atoms with E-state index in [2.05, 4.69) is 33.0 Å². The second-order valence-corrected chi connectivity index (χ2v) is 8.69. The van der Waals surface area contributed by atoms with E-state index in [1.165, 1.54) is 17.3 Å². The van der Waals surface area contributed by atoms with Crippen molar-refractivity contribution in [2.24, 2.45) is 0 Å². The highest BCUT2D eigenvalue weighted by molar-refractivity contribution is 7.99. The van der Waals surface area contributed by atoms with Gasteiger partial charge >= 0.3 is 0 Å². The van der Waals surface area contributed by atoms with Crippen LogP contribution in [0.15, 0.2) is 41.6 Å². The number of aryl methyl sites for hydroxylation is 4. The van der Waals surface area contributed by atoms with E-state index in [0.717, 1.165) is 22.4 Å². The molecule has 0 bridgehead atoms. The second kappa shape index (κ2) is 10.5. The van der Waals surface area contributed by atoms with Gasteiger partial charge in [0.2, 0.25) is 5.91 Å². The molecule has 0 unspecified atom stereocenters. The summed E-state index contributed by atoms with van der Waals surface area (Å²) in [6.07, 6.45) is 0. The average Bonchev–Trinajstić information content (AvgIpc) is 3.15. The lowest BCUT2D eigenvalue weighted by molar-refractivity contribution is -0.113. The molecule has 2 aromatic carbocycles. The lowest BCUT2D eigenvalue weighted by Crippen LogP contribution is -2.25. The molecule has 3 rings (SSSR count). The number of nitrogens with zero attached hydrogens (tertiary/aromatic N) is 3. The number of aromatic nitrogens is 3. The molecule has 1 aromatic heterocycles. The van der Waals surface area contributed by atoms with Crippen molar-refractivity contribution in [3.8, 4) is 0 Å². The summed E-state index contributed by atoms with van der Waals surface area (Å²) in [6.45, 7) is 10.8. The Morgan fingerprint density at radius 3 is 2.34 bits per heavy atom. The van der Waals surface area contributed by atoms with Crippen molar-refractivity contribution in [1.82, 2.24) is 20.1 Å². The first kappa shape index (κ1) is 23.5. The Bertz CT molecular complexity index is 1120. The monoisotopic (exact) mass is 451 g/mol. The molecule has 8 heteroatoms. The summed E-state index contributed by atoms with van der Waals surface area (Å²) < 4.78 is 1.92. The van der Waals surface area contributed by atoms with Crippen molar-refractivity contribution in [3.63, 3.8) is 0 Å². The summed E-state index contributed by atoms with van der Waals surface area (Å²) in [6, 6.07) is 11.6. The molecule has 168 valence electrons. The molecule has 0 radical (unpaired) electrons. The molecule has 3 aromatic rings. The van der Waals surface area contributed by atoms with Crippen LogP contribution in [-0.2, 0) is 17.9 Å². The fourth-order valence-electron chi connectivity index (χ4n) is 3.64. The molecule has 0 fully saturated rings. The van der Waals surface area contributed by atoms with Gasteiger partial charge in [-0.3, -0.25) is 9.59 Å². The molecule has 0 saturated carbocycles. The molecule has 2 N–H and O–H groups in total. The maximum atomic E-state index is 12.5. The molecular formula is C24H29N5O2S. The summed E-state index contributed by atoms with van der Waals surface area (Å²) in [7, 11) is 0. The molecular weight excluding hydrogens is 422 g/mol. The molecule has 32 heavy (non-hydrogen) atoms. The van der Waals surface area contributed by atoms with Crippen molar-refractivity contribution in [1.29, 1.82) is 0 Å². The van der Waals surface area contributed by atoms with Crippen LogP contribution >= 0.6 is 11.8 Å². The lowest BCUT2D eigenvalue weighted by atomic mass is 10.1. The maximum Gasteiger partial charge on any atom is 0.251 e. The van der Waals surface area contributed by atoms with Crippen LogP contribution in [0.4, 0.5) is 5.69 Å². The van der Waals surface area contributed by atoms with Crippen LogP contribution in [0.5, 0.6) is 0 Å². The van der Waals surface area contributed by atoms with Gasteiger partial charge in [-0.05, 0) is 57.4 Å². The number of hydrogen-bond acceptors (Lipinski definition) is 5. The smallest absolute Gasteiger partial charge is 0.251 e. The summed E-state index contributed by atoms with van der Waals surface area (Å²) >= 11 is 1.33. The van der Waals surface area contributed by atoms with E-state index in [0.29, 0.717) is 23.1 Å². The van der Waals surface area contributed by atoms with Gasteiger partial charge in [0.15, 0.2) is 11.0 Å². The van der Waals surface area contributed by atoms with Gasteiger partial charge < -0.3 is 15.2 Å². The highest BCUT2D eigenvalue weighted by atomic mass is 32.2. The fourth-order valence-corrected chi connectivity index (χ4v) is 4.46. The van der Waals surface area contributed by atoms with E-state index < -0.39 is 0 Å².